The van der Waals surface area contributed by atoms with Gasteiger partial charge in [-0.2, -0.15) is 0 Å². The van der Waals surface area contributed by atoms with E-state index in [-0.39, 0.29) is 0 Å². The Morgan fingerprint density at radius 1 is 0.250 bits per heavy atom. The van der Waals surface area contributed by atoms with Crippen molar-refractivity contribution in [2.75, 3.05) is 0 Å². The fraction of sp³-hybridized carbons (Fsp3) is 0. The van der Waals surface area contributed by atoms with Crippen LogP contribution in [0.25, 0.3) is 132 Å². The minimum atomic E-state index is 1.16. The molecule has 0 amide bonds. The van der Waals surface area contributed by atoms with Crippen molar-refractivity contribution in [1.29, 1.82) is 0 Å². The normalized spacial score (nSPS) is 12.1. The summed E-state index contributed by atoms with van der Waals surface area (Å²) in [6.45, 7) is 0. The number of para-hydroxylation sites is 3. The van der Waals surface area contributed by atoms with Gasteiger partial charge in [0, 0.05) is 38.2 Å². The largest absolute Gasteiger partial charge is 0.309 e. The van der Waals surface area contributed by atoms with Crippen molar-refractivity contribution in [3.63, 3.8) is 0 Å². The lowest BCUT2D eigenvalue weighted by Crippen LogP contribution is -1.97. The van der Waals surface area contributed by atoms with Crippen LogP contribution in [0.3, 0.4) is 0 Å². The fourth-order valence-electron chi connectivity index (χ4n) is 11.0. The van der Waals surface area contributed by atoms with Crippen LogP contribution in [-0.2, 0) is 0 Å². The predicted octanol–water partition coefficient (Wildman–Crippen LogP) is 16.8. The highest BCUT2D eigenvalue weighted by Gasteiger charge is 2.23. The maximum Gasteiger partial charge on any atom is 0.0619 e. The molecule has 0 unspecified atom stereocenters. The van der Waals surface area contributed by atoms with E-state index in [0.29, 0.717) is 0 Å². The van der Waals surface area contributed by atoms with Crippen LogP contribution < -0.4 is 0 Å². The standard InChI is InChI=1S/C62H38N2/c1-2-14-44(15-3-1)63-58-24-11-9-20-50(58)55-37-42(30-35-59(55)63)43-31-36-60-56(38-43)54-32-29-39-13-4-5-17-47(39)62(54)64(60)57-23-10-8-16-46(57)41-27-25-40(26-28-41)45-33-34-53-49-19-7-6-18-48(49)52-22-12-21-51(45)61(52)53/h1-38H. The molecule has 2 heterocycles. The highest BCUT2D eigenvalue weighted by atomic mass is 15.0. The first-order valence-corrected chi connectivity index (χ1v) is 22.2. The van der Waals surface area contributed by atoms with Crippen LogP contribution in [0.1, 0.15) is 0 Å². The van der Waals surface area contributed by atoms with Crippen molar-refractivity contribution in [3.05, 3.63) is 231 Å². The lowest BCUT2D eigenvalue weighted by Gasteiger charge is -2.16. The van der Waals surface area contributed by atoms with Crippen molar-refractivity contribution in [2.24, 2.45) is 0 Å². The van der Waals surface area contributed by atoms with E-state index < -0.39 is 0 Å². The quantitative estimate of drug-likeness (QED) is 0.164. The van der Waals surface area contributed by atoms with E-state index in [1.165, 1.54) is 126 Å². The molecule has 14 rings (SSSR count). The van der Waals surface area contributed by atoms with Crippen LogP contribution in [0.5, 0.6) is 0 Å². The Bertz CT molecular complexity index is 4020. The molecule has 0 bridgehead atoms. The van der Waals surface area contributed by atoms with Gasteiger partial charge in [0.25, 0.3) is 0 Å². The zero-order valence-corrected chi connectivity index (χ0v) is 34.8. The molecular formula is C62H38N2. The predicted molar refractivity (Wildman–Crippen MR) is 271 cm³/mol. The van der Waals surface area contributed by atoms with Gasteiger partial charge in [0.1, 0.15) is 0 Å². The van der Waals surface area contributed by atoms with Crippen LogP contribution >= 0.6 is 0 Å². The average Bonchev–Trinajstić information content (AvgIpc) is 4.00. The van der Waals surface area contributed by atoms with Crippen LogP contribution in [0.15, 0.2) is 231 Å². The Hall–Kier alpha value is -8.46. The fourth-order valence-corrected chi connectivity index (χ4v) is 11.0. The van der Waals surface area contributed by atoms with Crippen LogP contribution in [0.4, 0.5) is 0 Å². The topological polar surface area (TPSA) is 9.86 Å². The van der Waals surface area contributed by atoms with Gasteiger partial charge in [0.15, 0.2) is 0 Å². The first-order chi connectivity index (χ1) is 31.8. The number of nitrogens with zero attached hydrogens (tertiary/aromatic N) is 2. The Morgan fingerprint density at radius 3 is 1.56 bits per heavy atom. The minimum absolute atomic E-state index is 1.16. The Balaban J connectivity index is 0.921. The van der Waals surface area contributed by atoms with E-state index in [9.17, 15) is 0 Å². The lowest BCUT2D eigenvalue weighted by molar-refractivity contribution is 1.18. The van der Waals surface area contributed by atoms with Crippen molar-refractivity contribution in [1.82, 2.24) is 9.13 Å². The number of rotatable bonds is 5. The molecule has 1 aliphatic carbocycles. The molecule has 296 valence electrons. The summed E-state index contributed by atoms with van der Waals surface area (Å²) in [4.78, 5) is 0. The van der Waals surface area contributed by atoms with E-state index in [1.54, 1.807) is 0 Å². The van der Waals surface area contributed by atoms with Crippen molar-refractivity contribution < 1.29 is 0 Å². The molecule has 0 radical (unpaired) electrons. The molecule has 0 saturated carbocycles. The molecular weight excluding hydrogens is 773 g/mol. The molecule has 0 spiro atoms. The molecule has 13 aromatic rings. The summed E-state index contributed by atoms with van der Waals surface area (Å²) in [7, 11) is 0. The SMILES string of the molecule is c1ccc(-n2c3ccccc3c3cc(-c4ccc5c(c4)c4ccc6ccccc6c4n5-c4ccccc4-c4ccc(-c5ccc6c7c(cccc57)-c5ccccc5-6)cc4)ccc32)cc1. The third-order valence-electron chi connectivity index (χ3n) is 13.9. The molecule has 1 aliphatic rings. The van der Waals surface area contributed by atoms with Gasteiger partial charge in [0.05, 0.1) is 27.8 Å². The Labute approximate surface area is 370 Å². The zero-order valence-electron chi connectivity index (χ0n) is 34.8. The summed E-state index contributed by atoms with van der Waals surface area (Å²) < 4.78 is 4.89. The molecule has 0 aliphatic heterocycles. The van der Waals surface area contributed by atoms with Crippen LogP contribution in [-0.4, -0.2) is 9.13 Å². The maximum atomic E-state index is 2.51. The number of fused-ring (bicyclic) bond motifs is 11. The van der Waals surface area contributed by atoms with E-state index in [4.69, 9.17) is 0 Å². The first-order valence-electron chi connectivity index (χ1n) is 22.2. The molecule has 2 aromatic heterocycles. The molecule has 0 saturated heterocycles. The van der Waals surface area contributed by atoms with E-state index in [1.807, 2.05) is 0 Å². The summed E-state index contributed by atoms with van der Waals surface area (Å²) in [5.74, 6) is 0. The van der Waals surface area contributed by atoms with Gasteiger partial charge in [-0.25, -0.2) is 0 Å². The molecule has 64 heavy (non-hydrogen) atoms. The molecule has 2 heteroatoms. The second-order valence-corrected chi connectivity index (χ2v) is 17.2. The smallest absolute Gasteiger partial charge is 0.0619 e. The summed E-state index contributed by atoms with van der Waals surface area (Å²) >= 11 is 0. The monoisotopic (exact) mass is 810 g/mol. The summed E-state index contributed by atoms with van der Waals surface area (Å²) in [6, 6.07) is 85.2. The van der Waals surface area contributed by atoms with Crippen molar-refractivity contribution in [2.45, 2.75) is 0 Å². The van der Waals surface area contributed by atoms with Gasteiger partial charge >= 0.3 is 0 Å². The summed E-state index contributed by atoms with van der Waals surface area (Å²) in [5, 5.41) is 10.1. The third kappa shape index (κ3) is 5.02. The van der Waals surface area contributed by atoms with Gasteiger partial charge < -0.3 is 9.13 Å². The number of aromatic nitrogens is 2. The molecule has 0 fully saturated rings. The van der Waals surface area contributed by atoms with Gasteiger partial charge in [-0.1, -0.05) is 182 Å². The van der Waals surface area contributed by atoms with Crippen LogP contribution in [0.2, 0.25) is 0 Å². The number of hydrogen-bond acceptors (Lipinski definition) is 0. The number of hydrogen-bond donors (Lipinski definition) is 0. The number of benzene rings is 11. The third-order valence-corrected chi connectivity index (χ3v) is 13.9. The summed E-state index contributed by atoms with van der Waals surface area (Å²) in [6.07, 6.45) is 0. The molecule has 11 aromatic carbocycles. The molecule has 0 N–H and O–H groups in total. The second kappa shape index (κ2) is 13.5. The van der Waals surface area contributed by atoms with Gasteiger partial charge in [0.2, 0.25) is 0 Å². The maximum absolute atomic E-state index is 2.51. The van der Waals surface area contributed by atoms with E-state index in [2.05, 4.69) is 240 Å². The Kier molecular flexibility index (Phi) is 7.43. The highest BCUT2D eigenvalue weighted by molar-refractivity contribution is 6.21. The van der Waals surface area contributed by atoms with Crippen molar-refractivity contribution in [3.8, 4) is 67.0 Å². The highest BCUT2D eigenvalue weighted by Crippen LogP contribution is 2.49. The van der Waals surface area contributed by atoms with Gasteiger partial charge in [-0.3, -0.25) is 0 Å². The second-order valence-electron chi connectivity index (χ2n) is 17.2. The lowest BCUT2D eigenvalue weighted by atomic mass is 9.93. The molecule has 2 nitrogen and oxygen atoms in total. The van der Waals surface area contributed by atoms with E-state index in [0.717, 1.165) is 5.69 Å². The zero-order chi connectivity index (χ0) is 41.9. The van der Waals surface area contributed by atoms with Crippen LogP contribution in [0, 0.1) is 0 Å². The molecule has 0 atom stereocenters. The van der Waals surface area contributed by atoms with Gasteiger partial charge in [-0.15, -0.1) is 0 Å². The van der Waals surface area contributed by atoms with E-state index >= 15 is 0 Å². The van der Waals surface area contributed by atoms with Gasteiger partial charge in [-0.05, 0) is 115 Å². The first kappa shape index (κ1) is 35.2. The minimum Gasteiger partial charge on any atom is -0.309 e. The van der Waals surface area contributed by atoms with Crippen molar-refractivity contribution >= 4 is 65.2 Å². The Morgan fingerprint density at radius 2 is 0.781 bits per heavy atom. The summed E-state index contributed by atoms with van der Waals surface area (Å²) in [5.41, 5.74) is 19.8. The average molecular weight is 811 g/mol.